The second-order valence-electron chi connectivity index (χ2n) is 17.4. The third kappa shape index (κ3) is 9.01. The second kappa shape index (κ2) is 17.3. The molecule has 1 atom stereocenters. The number of imide groups is 1. The fraction of sp³-hybridized carbons (Fsp3) is 0.447. The highest BCUT2D eigenvalue weighted by Gasteiger charge is 2.38. The Labute approximate surface area is 354 Å². The van der Waals surface area contributed by atoms with E-state index in [1.807, 2.05) is 66.3 Å². The highest BCUT2D eigenvalue weighted by atomic mass is 19.1. The van der Waals surface area contributed by atoms with Crippen LogP contribution in [0.3, 0.4) is 0 Å². The average molecular weight is 829 g/mol. The number of piperidine rings is 3. The first-order valence-electron chi connectivity index (χ1n) is 21.7. The van der Waals surface area contributed by atoms with Gasteiger partial charge in [0.1, 0.15) is 11.8 Å². The molecule has 3 N–H and O–H groups in total. The maximum Gasteiger partial charge on any atom is 0.410 e. The molecule has 13 nitrogen and oxygen atoms in total. The zero-order chi connectivity index (χ0) is 42.1. The van der Waals surface area contributed by atoms with Crippen molar-refractivity contribution in [1.82, 2.24) is 34.9 Å². The molecule has 61 heavy (non-hydrogen) atoms. The topological polar surface area (TPSA) is 155 Å². The van der Waals surface area contributed by atoms with Crippen LogP contribution in [0.5, 0.6) is 0 Å². The molecule has 3 aromatic carbocycles. The van der Waals surface area contributed by atoms with Gasteiger partial charge in [-0.2, -0.15) is 5.10 Å². The van der Waals surface area contributed by atoms with Gasteiger partial charge in [0.15, 0.2) is 5.82 Å². The average Bonchev–Trinajstić information content (AvgIpc) is 3.60. The van der Waals surface area contributed by atoms with Crippen LogP contribution in [0.15, 0.2) is 79.0 Å². The lowest BCUT2D eigenvalue weighted by molar-refractivity contribution is -0.134. The number of aryl methyl sites for hydroxylation is 1. The summed E-state index contributed by atoms with van der Waals surface area (Å²) in [5.41, 5.74) is 5.05. The normalized spacial score (nSPS) is 22.5. The number of aliphatic hydroxyl groups is 1. The first kappa shape index (κ1) is 40.7. The minimum Gasteiger partial charge on any atom is -0.446 e. The molecular weight excluding hydrogens is 776 g/mol. The van der Waals surface area contributed by atoms with E-state index < -0.39 is 17.3 Å². The Bertz CT molecular complexity index is 2400. The van der Waals surface area contributed by atoms with Crippen LogP contribution in [0.1, 0.15) is 87.3 Å². The van der Waals surface area contributed by atoms with Gasteiger partial charge in [-0.05, 0) is 106 Å². The van der Waals surface area contributed by atoms with Crippen molar-refractivity contribution in [2.75, 3.05) is 38.0 Å². The predicted molar refractivity (Wildman–Crippen MR) is 229 cm³/mol. The Morgan fingerprint density at radius 2 is 1.64 bits per heavy atom. The van der Waals surface area contributed by atoms with Crippen molar-refractivity contribution in [2.45, 2.75) is 93.8 Å². The van der Waals surface area contributed by atoms with Crippen LogP contribution < -0.4 is 10.6 Å². The lowest BCUT2D eigenvalue weighted by Gasteiger charge is -2.42. The van der Waals surface area contributed by atoms with Gasteiger partial charge in [-0.25, -0.2) is 19.2 Å². The molecule has 4 fully saturated rings. The van der Waals surface area contributed by atoms with Gasteiger partial charge in [0.25, 0.3) is 0 Å². The van der Waals surface area contributed by atoms with Crippen LogP contribution in [-0.2, 0) is 21.4 Å². The summed E-state index contributed by atoms with van der Waals surface area (Å²) in [6.07, 6.45) is 7.35. The number of aromatic nitrogens is 4. The number of carbonyl (C=O) groups excluding carboxylic acids is 3. The highest BCUT2D eigenvalue weighted by molar-refractivity contribution is 6.02. The number of benzene rings is 3. The quantitative estimate of drug-likeness (QED) is 0.133. The molecule has 5 aromatic rings. The molecule has 0 spiro atoms. The van der Waals surface area contributed by atoms with Gasteiger partial charge >= 0.3 is 6.09 Å². The number of nitrogens with one attached hydrogen (secondary N) is 2. The summed E-state index contributed by atoms with van der Waals surface area (Å²) >= 11 is 0. The molecule has 3 aliphatic heterocycles. The van der Waals surface area contributed by atoms with Gasteiger partial charge in [0.05, 0.1) is 28.9 Å². The Hall–Kier alpha value is -5.73. The number of fused-ring (bicyclic) bond motifs is 1. The minimum absolute atomic E-state index is 0.0729. The molecule has 14 heteroatoms. The second-order valence-corrected chi connectivity index (χ2v) is 17.4. The monoisotopic (exact) mass is 828 g/mol. The molecular formula is C47H53FN8O5. The number of carbonyl (C=O) groups is 3. The summed E-state index contributed by atoms with van der Waals surface area (Å²) in [6, 6.07) is 24.1. The van der Waals surface area contributed by atoms with Crippen molar-refractivity contribution >= 4 is 34.8 Å². The summed E-state index contributed by atoms with van der Waals surface area (Å²) in [5.74, 6) is -0.662. The van der Waals surface area contributed by atoms with Gasteiger partial charge in [0.2, 0.25) is 17.8 Å². The van der Waals surface area contributed by atoms with Crippen molar-refractivity contribution < 1.29 is 28.6 Å². The maximum atomic E-state index is 15.0. The largest absolute Gasteiger partial charge is 0.446 e. The zero-order valence-electron chi connectivity index (χ0n) is 34.6. The van der Waals surface area contributed by atoms with E-state index in [1.165, 1.54) is 11.8 Å². The van der Waals surface area contributed by atoms with Crippen molar-refractivity contribution in [2.24, 2.45) is 7.05 Å². The SMILES string of the molecule is Cn1nc(C2CCC(=O)NC2=O)c2ccc(C3CCN(CC4(O)CCN(C(=O)O[C@H]5CC[C@H](Nc6ncc(F)c(-c7cccc(-c8ccccc8)c7)n6)CC5)CC4)CC3)cc21. The molecule has 0 radical (unpaired) electrons. The molecule has 5 heterocycles. The van der Waals surface area contributed by atoms with E-state index in [2.05, 4.69) is 43.7 Å². The molecule has 3 saturated heterocycles. The van der Waals surface area contributed by atoms with Gasteiger partial charge in [0, 0.05) is 50.1 Å². The number of β-amino-alcohol motifs (C(OH)–C–C–N with tert-alkyl or cyclic N) is 1. The standard InChI is InChI=1S/C47H53FN8O5/c1-54-40-27-33(10-15-37(40)43(53-54)38-16-17-41(57)51-44(38)58)31-18-22-55(23-19-31)29-47(60)20-24-56(25-21-47)46(59)61-36-13-11-35(12-14-36)50-45-49-28-39(48)42(52-45)34-9-5-8-32(26-34)30-6-3-2-4-7-30/h2-10,15,26-28,31,35-36,38,60H,11-14,16-25,29H2,1H3,(H,49,50,52)(H,51,57,58)/t35-,36-,38?. The summed E-state index contributed by atoms with van der Waals surface area (Å²) in [6.45, 7) is 3.23. The van der Waals surface area contributed by atoms with Crippen LogP contribution in [0.4, 0.5) is 15.1 Å². The molecule has 1 aliphatic carbocycles. The van der Waals surface area contributed by atoms with E-state index in [9.17, 15) is 23.9 Å². The van der Waals surface area contributed by atoms with Crippen LogP contribution in [-0.4, -0.2) is 103 Å². The van der Waals surface area contributed by atoms with Crippen molar-refractivity contribution in [3.63, 3.8) is 0 Å². The van der Waals surface area contributed by atoms with E-state index in [0.717, 1.165) is 66.5 Å². The minimum atomic E-state index is -0.861. The fourth-order valence-electron chi connectivity index (χ4n) is 9.71. The molecule has 9 rings (SSSR count). The van der Waals surface area contributed by atoms with Gasteiger partial charge < -0.3 is 25.0 Å². The summed E-state index contributed by atoms with van der Waals surface area (Å²) in [4.78, 5) is 50.4. The number of rotatable bonds is 9. The van der Waals surface area contributed by atoms with Crippen molar-refractivity contribution in [3.8, 4) is 22.4 Å². The van der Waals surface area contributed by atoms with Crippen LogP contribution >= 0.6 is 0 Å². The zero-order valence-corrected chi connectivity index (χ0v) is 34.6. The number of amides is 3. The van der Waals surface area contributed by atoms with Crippen LogP contribution in [0.25, 0.3) is 33.3 Å². The Morgan fingerprint density at radius 3 is 2.39 bits per heavy atom. The van der Waals surface area contributed by atoms with Gasteiger partial charge in [-0.1, -0.05) is 60.7 Å². The molecule has 318 valence electrons. The van der Waals surface area contributed by atoms with E-state index in [1.54, 1.807) is 4.90 Å². The summed E-state index contributed by atoms with van der Waals surface area (Å²) in [7, 11) is 1.90. The number of hydrogen-bond acceptors (Lipinski definition) is 10. The molecule has 4 aliphatic rings. The lowest BCUT2D eigenvalue weighted by atomic mass is 9.86. The maximum absolute atomic E-state index is 15.0. The lowest BCUT2D eigenvalue weighted by Crippen LogP contribution is -2.53. The molecule has 2 aromatic heterocycles. The van der Waals surface area contributed by atoms with Gasteiger partial charge in [-0.15, -0.1) is 0 Å². The molecule has 0 bridgehead atoms. The van der Waals surface area contributed by atoms with E-state index in [4.69, 9.17) is 9.84 Å². The molecule has 1 saturated carbocycles. The van der Waals surface area contributed by atoms with E-state index in [0.29, 0.717) is 75.6 Å². The smallest absolute Gasteiger partial charge is 0.410 e. The van der Waals surface area contributed by atoms with Gasteiger partial charge in [-0.3, -0.25) is 19.6 Å². The number of hydrogen-bond donors (Lipinski definition) is 3. The number of anilines is 1. The molecule has 1 unspecified atom stereocenters. The number of ether oxygens (including phenoxy) is 1. The highest BCUT2D eigenvalue weighted by Crippen LogP contribution is 2.36. The third-order valence-corrected chi connectivity index (χ3v) is 13.3. The fourth-order valence-corrected chi connectivity index (χ4v) is 9.71. The number of likely N-dealkylation sites (tertiary alicyclic amines) is 2. The van der Waals surface area contributed by atoms with E-state index in [-0.39, 0.29) is 35.7 Å². The van der Waals surface area contributed by atoms with Crippen LogP contribution in [0.2, 0.25) is 0 Å². The summed E-state index contributed by atoms with van der Waals surface area (Å²) < 4.78 is 22.8. The number of halogens is 1. The number of nitrogens with zero attached hydrogens (tertiary/aromatic N) is 6. The first-order chi connectivity index (χ1) is 29.6. The van der Waals surface area contributed by atoms with Crippen LogP contribution in [0, 0.1) is 5.82 Å². The van der Waals surface area contributed by atoms with E-state index >= 15 is 0 Å². The van der Waals surface area contributed by atoms with Crippen molar-refractivity contribution in [3.05, 3.63) is 96.1 Å². The summed E-state index contributed by atoms with van der Waals surface area (Å²) in [5, 5.41) is 23.1. The first-order valence-corrected chi connectivity index (χ1v) is 21.7. The predicted octanol–water partition coefficient (Wildman–Crippen LogP) is 6.92. The Kier molecular flexibility index (Phi) is 11.6. The Morgan fingerprint density at radius 1 is 0.902 bits per heavy atom. The Balaban J connectivity index is 0.713. The molecule has 3 amide bonds. The third-order valence-electron chi connectivity index (χ3n) is 13.3. The van der Waals surface area contributed by atoms with Crippen molar-refractivity contribution in [1.29, 1.82) is 0 Å².